The maximum atomic E-state index is 10.5. The number of nitro benzene ring substituents is 1. The van der Waals surface area contributed by atoms with Crippen molar-refractivity contribution in [3.63, 3.8) is 0 Å². The zero-order valence-corrected chi connectivity index (χ0v) is 9.25. The topological polar surface area (TPSA) is 55.2 Å². The van der Waals surface area contributed by atoms with Crippen LogP contribution in [0.2, 0.25) is 5.02 Å². The van der Waals surface area contributed by atoms with Crippen molar-refractivity contribution in [1.82, 2.24) is 5.32 Å². The minimum Gasteiger partial charge on any atom is -0.313 e. The largest absolute Gasteiger partial charge is 0.313 e. The highest BCUT2D eigenvalue weighted by atomic mass is 35.5. The van der Waals surface area contributed by atoms with Crippen molar-refractivity contribution in [1.29, 1.82) is 0 Å². The molecule has 1 rings (SSSR count). The number of non-ortho nitro benzene ring substituents is 1. The van der Waals surface area contributed by atoms with Gasteiger partial charge in [-0.2, -0.15) is 0 Å². The van der Waals surface area contributed by atoms with Crippen molar-refractivity contribution in [3.8, 4) is 0 Å². The van der Waals surface area contributed by atoms with E-state index in [1.165, 1.54) is 12.1 Å². The van der Waals surface area contributed by atoms with Gasteiger partial charge < -0.3 is 5.32 Å². The number of hydrogen-bond acceptors (Lipinski definition) is 3. The van der Waals surface area contributed by atoms with Crippen LogP contribution in [0.3, 0.4) is 0 Å². The van der Waals surface area contributed by atoms with Crippen LogP contribution in [-0.2, 0) is 6.54 Å². The molecule has 0 aliphatic heterocycles. The van der Waals surface area contributed by atoms with E-state index in [9.17, 15) is 10.1 Å². The number of nitrogens with zero attached hydrogens (tertiary/aromatic N) is 1. The number of nitrogens with one attached hydrogen (secondary N) is 1. The second-order valence-corrected chi connectivity index (χ2v) is 3.62. The summed E-state index contributed by atoms with van der Waals surface area (Å²) >= 11 is 5.92. The van der Waals surface area contributed by atoms with Crippen LogP contribution in [0.15, 0.2) is 18.2 Å². The maximum absolute atomic E-state index is 10.5. The van der Waals surface area contributed by atoms with Gasteiger partial charge in [-0.05, 0) is 24.6 Å². The summed E-state index contributed by atoms with van der Waals surface area (Å²) in [4.78, 5) is 10.1. The van der Waals surface area contributed by atoms with Gasteiger partial charge in [0.2, 0.25) is 0 Å². The Balaban J connectivity index is 2.76. The van der Waals surface area contributed by atoms with E-state index < -0.39 is 4.92 Å². The molecule has 0 spiro atoms. The van der Waals surface area contributed by atoms with Crippen molar-refractivity contribution >= 4 is 17.3 Å². The van der Waals surface area contributed by atoms with Crippen molar-refractivity contribution in [2.75, 3.05) is 6.54 Å². The summed E-state index contributed by atoms with van der Waals surface area (Å²) < 4.78 is 0. The zero-order chi connectivity index (χ0) is 11.3. The fraction of sp³-hybridized carbons (Fsp3) is 0.400. The highest BCUT2D eigenvalue weighted by molar-refractivity contribution is 6.31. The average molecular weight is 229 g/mol. The van der Waals surface area contributed by atoms with E-state index >= 15 is 0 Å². The van der Waals surface area contributed by atoms with Crippen molar-refractivity contribution in [2.24, 2.45) is 0 Å². The summed E-state index contributed by atoms with van der Waals surface area (Å²) in [6.45, 7) is 3.50. The van der Waals surface area contributed by atoms with Crippen LogP contribution < -0.4 is 5.32 Å². The number of benzene rings is 1. The molecule has 0 unspecified atom stereocenters. The first kappa shape index (κ1) is 11.9. The van der Waals surface area contributed by atoms with Crippen LogP contribution >= 0.6 is 11.6 Å². The first-order valence-electron chi connectivity index (χ1n) is 4.78. The Labute approximate surface area is 93.4 Å². The molecule has 1 N–H and O–H groups in total. The SMILES string of the molecule is CCCNCc1cc([N+](=O)[O-])ccc1Cl. The minimum atomic E-state index is -0.417. The molecule has 0 heterocycles. The first-order valence-corrected chi connectivity index (χ1v) is 5.16. The van der Waals surface area contributed by atoms with Crippen LogP contribution in [0.1, 0.15) is 18.9 Å². The van der Waals surface area contributed by atoms with Gasteiger partial charge in [0.05, 0.1) is 4.92 Å². The molecule has 4 nitrogen and oxygen atoms in total. The van der Waals surface area contributed by atoms with Gasteiger partial charge in [0.15, 0.2) is 0 Å². The summed E-state index contributed by atoms with van der Waals surface area (Å²) in [6, 6.07) is 4.47. The van der Waals surface area contributed by atoms with Gasteiger partial charge in [-0.25, -0.2) is 0 Å². The van der Waals surface area contributed by atoms with Gasteiger partial charge in [0.25, 0.3) is 5.69 Å². The summed E-state index contributed by atoms with van der Waals surface area (Å²) in [5, 5.41) is 14.2. The van der Waals surface area contributed by atoms with E-state index in [4.69, 9.17) is 11.6 Å². The zero-order valence-electron chi connectivity index (χ0n) is 8.50. The number of nitro groups is 1. The molecule has 0 atom stereocenters. The van der Waals surface area contributed by atoms with Crippen LogP contribution in [0.25, 0.3) is 0 Å². The second-order valence-electron chi connectivity index (χ2n) is 3.21. The molecule has 0 bridgehead atoms. The molecule has 1 aromatic rings. The molecule has 0 aliphatic rings. The molecule has 0 saturated heterocycles. The van der Waals surface area contributed by atoms with Crippen molar-refractivity contribution in [2.45, 2.75) is 19.9 Å². The van der Waals surface area contributed by atoms with Gasteiger partial charge in [0.1, 0.15) is 0 Å². The highest BCUT2D eigenvalue weighted by Gasteiger charge is 2.08. The van der Waals surface area contributed by atoms with Crippen molar-refractivity contribution < 1.29 is 4.92 Å². The molecule has 0 fully saturated rings. The molecular weight excluding hydrogens is 216 g/mol. The number of hydrogen-bond donors (Lipinski definition) is 1. The summed E-state index contributed by atoms with van der Waals surface area (Å²) in [7, 11) is 0. The van der Waals surface area contributed by atoms with Crippen LogP contribution in [0.4, 0.5) is 5.69 Å². The highest BCUT2D eigenvalue weighted by Crippen LogP contribution is 2.21. The predicted molar refractivity (Wildman–Crippen MR) is 60.1 cm³/mol. The molecule has 0 aromatic heterocycles. The van der Waals surface area contributed by atoms with Crippen LogP contribution in [0.5, 0.6) is 0 Å². The third kappa shape index (κ3) is 3.49. The standard InChI is InChI=1S/C10H13ClN2O2/c1-2-5-12-7-8-6-9(13(14)15)3-4-10(8)11/h3-4,6,12H,2,5,7H2,1H3. The molecule has 5 heteroatoms. The Kier molecular flexibility index (Phi) is 4.52. The summed E-state index contributed by atoms with van der Waals surface area (Å²) in [6.07, 6.45) is 1.02. The van der Waals surface area contributed by atoms with Gasteiger partial charge in [-0.1, -0.05) is 18.5 Å². The van der Waals surface area contributed by atoms with E-state index in [0.717, 1.165) is 18.5 Å². The lowest BCUT2D eigenvalue weighted by Gasteiger charge is -2.05. The lowest BCUT2D eigenvalue weighted by atomic mass is 10.2. The Bertz CT molecular complexity index is 355. The average Bonchev–Trinajstić information content (AvgIpc) is 2.20. The third-order valence-electron chi connectivity index (χ3n) is 1.98. The first-order chi connectivity index (χ1) is 7.15. The van der Waals surface area contributed by atoms with Crippen LogP contribution in [-0.4, -0.2) is 11.5 Å². The van der Waals surface area contributed by atoms with E-state index in [-0.39, 0.29) is 5.69 Å². The second kappa shape index (κ2) is 5.68. The number of halogens is 1. The fourth-order valence-electron chi connectivity index (χ4n) is 1.21. The van der Waals surface area contributed by atoms with E-state index in [1.54, 1.807) is 6.07 Å². The van der Waals surface area contributed by atoms with E-state index in [1.807, 2.05) is 0 Å². The molecule has 1 aromatic carbocycles. The molecule has 0 aliphatic carbocycles. The maximum Gasteiger partial charge on any atom is 0.269 e. The quantitative estimate of drug-likeness (QED) is 0.479. The Morgan fingerprint density at radius 3 is 2.87 bits per heavy atom. The molecule has 15 heavy (non-hydrogen) atoms. The number of rotatable bonds is 5. The van der Waals surface area contributed by atoms with Crippen molar-refractivity contribution in [3.05, 3.63) is 38.9 Å². The lowest BCUT2D eigenvalue weighted by molar-refractivity contribution is -0.384. The molecule has 0 saturated carbocycles. The normalized spacial score (nSPS) is 10.3. The Morgan fingerprint density at radius 1 is 1.53 bits per heavy atom. The van der Waals surface area contributed by atoms with E-state index in [2.05, 4.69) is 12.2 Å². The predicted octanol–water partition coefficient (Wildman–Crippen LogP) is 2.75. The summed E-state index contributed by atoms with van der Waals surface area (Å²) in [5.41, 5.74) is 0.840. The molecular formula is C10H13ClN2O2. The Morgan fingerprint density at radius 2 is 2.27 bits per heavy atom. The molecule has 0 amide bonds. The smallest absolute Gasteiger partial charge is 0.269 e. The monoisotopic (exact) mass is 228 g/mol. The van der Waals surface area contributed by atoms with Gasteiger partial charge in [-0.3, -0.25) is 10.1 Å². The summed E-state index contributed by atoms with van der Waals surface area (Å²) in [5.74, 6) is 0. The molecule has 0 radical (unpaired) electrons. The fourth-order valence-corrected chi connectivity index (χ4v) is 1.39. The van der Waals surface area contributed by atoms with Crippen LogP contribution in [0, 0.1) is 10.1 Å². The third-order valence-corrected chi connectivity index (χ3v) is 2.35. The molecule has 82 valence electrons. The van der Waals surface area contributed by atoms with Gasteiger partial charge in [-0.15, -0.1) is 0 Å². The minimum absolute atomic E-state index is 0.0766. The Hall–Kier alpha value is -1.13. The van der Waals surface area contributed by atoms with Gasteiger partial charge >= 0.3 is 0 Å². The lowest BCUT2D eigenvalue weighted by Crippen LogP contribution is -2.14. The van der Waals surface area contributed by atoms with Gasteiger partial charge in [0, 0.05) is 23.7 Å². The van der Waals surface area contributed by atoms with E-state index in [0.29, 0.717) is 11.6 Å².